The van der Waals surface area contributed by atoms with Gasteiger partial charge in [0.2, 0.25) is 10.0 Å². The number of imidazole rings is 1. The van der Waals surface area contributed by atoms with E-state index in [1.807, 2.05) is 30.5 Å². The minimum atomic E-state index is -3.57. The predicted octanol–water partition coefficient (Wildman–Crippen LogP) is 3.61. The quantitative estimate of drug-likeness (QED) is 0.358. The third kappa shape index (κ3) is 6.06. The minimum Gasteiger partial charge on any atom is -0.494 e. The van der Waals surface area contributed by atoms with Crippen molar-refractivity contribution in [2.75, 3.05) is 27.3 Å². The van der Waals surface area contributed by atoms with Gasteiger partial charge >= 0.3 is 5.97 Å². The van der Waals surface area contributed by atoms with Gasteiger partial charge in [-0.15, -0.1) is 0 Å². The molecule has 0 radical (unpaired) electrons. The molecule has 2 aromatic carbocycles. The summed E-state index contributed by atoms with van der Waals surface area (Å²) in [6.07, 6.45) is 0.937. The summed E-state index contributed by atoms with van der Waals surface area (Å²) in [5, 5.41) is 0. The fourth-order valence-corrected chi connectivity index (χ4v) is 4.30. The van der Waals surface area contributed by atoms with Gasteiger partial charge in [-0.25, -0.2) is 17.7 Å². The number of rotatable bonds is 12. The van der Waals surface area contributed by atoms with Crippen LogP contribution in [0.4, 0.5) is 0 Å². The van der Waals surface area contributed by atoms with Crippen LogP contribution in [0.2, 0.25) is 0 Å². The average Bonchev–Trinajstić information content (AvgIpc) is 3.16. The maximum atomic E-state index is 12.5. The molecule has 0 aliphatic rings. The van der Waals surface area contributed by atoms with Crippen molar-refractivity contribution >= 4 is 27.0 Å². The molecule has 184 valence electrons. The Balaban J connectivity index is 1.63. The Morgan fingerprint density at radius 2 is 1.71 bits per heavy atom. The molecule has 0 aliphatic heterocycles. The molecule has 1 aromatic heterocycles. The van der Waals surface area contributed by atoms with Gasteiger partial charge in [-0.05, 0) is 55.8 Å². The topological polar surface area (TPSA) is 100.0 Å². The van der Waals surface area contributed by atoms with Crippen molar-refractivity contribution in [3.63, 3.8) is 0 Å². The third-order valence-corrected chi connectivity index (χ3v) is 6.91. The molecule has 1 heterocycles. The van der Waals surface area contributed by atoms with E-state index in [-0.39, 0.29) is 24.5 Å². The van der Waals surface area contributed by atoms with E-state index in [9.17, 15) is 13.2 Å². The monoisotopic (exact) mass is 489 g/mol. The van der Waals surface area contributed by atoms with E-state index in [0.717, 1.165) is 22.0 Å². The zero-order valence-corrected chi connectivity index (χ0v) is 20.8. The van der Waals surface area contributed by atoms with Crippen LogP contribution in [0.15, 0.2) is 47.4 Å². The molecule has 9 nitrogen and oxygen atoms in total. The van der Waals surface area contributed by atoms with Crippen molar-refractivity contribution in [1.82, 2.24) is 13.9 Å². The van der Waals surface area contributed by atoms with E-state index < -0.39 is 16.0 Å². The molecule has 0 saturated carbocycles. The first-order valence-electron chi connectivity index (χ1n) is 11.2. The van der Waals surface area contributed by atoms with Crippen molar-refractivity contribution in [3.05, 3.63) is 48.3 Å². The van der Waals surface area contributed by atoms with Gasteiger partial charge in [-0.3, -0.25) is 4.79 Å². The summed E-state index contributed by atoms with van der Waals surface area (Å²) in [7, 11) is -0.599. The van der Waals surface area contributed by atoms with Crippen LogP contribution in [0.1, 0.15) is 32.5 Å². The number of carbonyl (C=O) groups excluding carboxylic acids is 1. The van der Waals surface area contributed by atoms with Crippen molar-refractivity contribution < 1.29 is 27.4 Å². The second kappa shape index (κ2) is 11.3. The maximum Gasteiger partial charge on any atom is 0.309 e. The van der Waals surface area contributed by atoms with E-state index >= 15 is 0 Å². The van der Waals surface area contributed by atoms with Gasteiger partial charge in [0.05, 0.1) is 35.6 Å². The van der Waals surface area contributed by atoms with E-state index in [1.54, 1.807) is 30.3 Å². The zero-order valence-electron chi connectivity index (χ0n) is 20.0. The largest absolute Gasteiger partial charge is 0.494 e. The lowest BCUT2D eigenvalue weighted by molar-refractivity contribution is -0.145. The smallest absolute Gasteiger partial charge is 0.309 e. The summed E-state index contributed by atoms with van der Waals surface area (Å²) in [4.78, 5) is 17.0. The summed E-state index contributed by atoms with van der Waals surface area (Å²) in [5.41, 5.74) is 1.34. The van der Waals surface area contributed by atoms with E-state index in [2.05, 4.69) is 4.98 Å². The Labute approximate surface area is 200 Å². The zero-order chi connectivity index (χ0) is 24.7. The van der Waals surface area contributed by atoms with Gasteiger partial charge in [0.1, 0.15) is 23.9 Å². The second-order valence-corrected chi connectivity index (χ2v) is 9.93. The van der Waals surface area contributed by atoms with Crippen LogP contribution in [0.3, 0.4) is 0 Å². The first-order chi connectivity index (χ1) is 16.3. The number of aryl methyl sites for hydroxylation is 1. The number of fused-ring (bicyclic) bond motifs is 1. The molecular formula is C24H31N3O6S. The normalized spacial score (nSPS) is 11.7. The number of carbonyl (C=O) groups is 1. The highest BCUT2D eigenvalue weighted by Gasteiger charge is 2.20. The molecule has 0 atom stereocenters. The molecule has 3 aromatic rings. The molecule has 0 fully saturated rings. The Bertz CT molecular complexity index is 1220. The van der Waals surface area contributed by atoms with Gasteiger partial charge in [0.25, 0.3) is 0 Å². The first-order valence-corrected chi connectivity index (χ1v) is 12.6. The predicted molar refractivity (Wildman–Crippen MR) is 128 cm³/mol. The van der Waals surface area contributed by atoms with Crippen molar-refractivity contribution in [2.24, 2.45) is 0 Å². The number of ether oxygens (including phenoxy) is 3. The van der Waals surface area contributed by atoms with Crippen LogP contribution in [0.25, 0.3) is 11.0 Å². The number of esters is 1. The molecule has 0 N–H and O–H groups in total. The standard InChI is InChI=1S/C24H31N3O6S/c1-5-14-27-22-12-11-20(34(29,30)26(3)4)16-21(22)25-23(27)17-33-24(28)13-15-32-19-9-7-18(8-10-19)31-6-2/h7-12,16H,5-6,13-15,17H2,1-4H3. The lowest BCUT2D eigenvalue weighted by Crippen LogP contribution is -2.22. The summed E-state index contributed by atoms with van der Waals surface area (Å²) < 4.78 is 44.4. The molecule has 0 spiro atoms. The third-order valence-electron chi connectivity index (χ3n) is 5.10. The van der Waals surface area contributed by atoms with Crippen molar-refractivity contribution in [2.45, 2.75) is 44.7 Å². The first kappa shape index (κ1) is 25.5. The van der Waals surface area contributed by atoms with Gasteiger partial charge in [0, 0.05) is 20.6 Å². The summed E-state index contributed by atoms with van der Waals surface area (Å²) in [6.45, 7) is 5.39. The van der Waals surface area contributed by atoms with E-state index in [1.165, 1.54) is 14.1 Å². The maximum absolute atomic E-state index is 12.5. The van der Waals surface area contributed by atoms with Crippen LogP contribution >= 0.6 is 0 Å². The van der Waals surface area contributed by atoms with Crippen LogP contribution < -0.4 is 9.47 Å². The Kier molecular flexibility index (Phi) is 8.51. The SMILES string of the molecule is CCCn1c(COC(=O)CCOc2ccc(OCC)cc2)nc2cc(S(=O)(=O)N(C)C)ccc21. The highest BCUT2D eigenvalue weighted by molar-refractivity contribution is 7.89. The number of aromatic nitrogens is 2. The van der Waals surface area contributed by atoms with Crippen molar-refractivity contribution in [3.8, 4) is 11.5 Å². The Morgan fingerprint density at radius 1 is 1.03 bits per heavy atom. The van der Waals surface area contributed by atoms with Gasteiger partial charge < -0.3 is 18.8 Å². The molecule has 10 heteroatoms. The number of nitrogens with zero attached hydrogens (tertiary/aromatic N) is 3. The van der Waals surface area contributed by atoms with Gasteiger partial charge in [0.15, 0.2) is 0 Å². The summed E-state index contributed by atoms with van der Waals surface area (Å²) in [5.74, 6) is 1.56. The highest BCUT2D eigenvalue weighted by Crippen LogP contribution is 2.23. The molecule has 0 bridgehead atoms. The van der Waals surface area contributed by atoms with Crippen molar-refractivity contribution in [1.29, 1.82) is 0 Å². The number of benzene rings is 2. The van der Waals surface area contributed by atoms with Crippen LogP contribution in [0.5, 0.6) is 11.5 Å². The Hall–Kier alpha value is -3.11. The number of hydrogen-bond donors (Lipinski definition) is 0. The lowest BCUT2D eigenvalue weighted by Gasteiger charge is -2.11. The summed E-state index contributed by atoms with van der Waals surface area (Å²) in [6, 6.07) is 12.0. The summed E-state index contributed by atoms with van der Waals surface area (Å²) >= 11 is 0. The lowest BCUT2D eigenvalue weighted by atomic mass is 10.3. The van der Waals surface area contributed by atoms with Crippen LogP contribution in [0, 0.1) is 0 Å². The number of hydrogen-bond acceptors (Lipinski definition) is 7. The fraction of sp³-hybridized carbons (Fsp3) is 0.417. The molecule has 0 amide bonds. The molecule has 3 rings (SSSR count). The molecular weight excluding hydrogens is 458 g/mol. The second-order valence-electron chi connectivity index (χ2n) is 7.78. The highest BCUT2D eigenvalue weighted by atomic mass is 32.2. The molecule has 34 heavy (non-hydrogen) atoms. The molecule has 0 aliphatic carbocycles. The van der Waals surface area contributed by atoms with Gasteiger partial charge in [-0.1, -0.05) is 6.92 Å². The van der Waals surface area contributed by atoms with Crippen LogP contribution in [-0.2, 0) is 32.7 Å². The molecule has 0 saturated heterocycles. The minimum absolute atomic E-state index is 0.00761. The average molecular weight is 490 g/mol. The van der Waals surface area contributed by atoms with Gasteiger partial charge in [-0.2, -0.15) is 0 Å². The van der Waals surface area contributed by atoms with Crippen LogP contribution in [-0.4, -0.2) is 55.6 Å². The fourth-order valence-electron chi connectivity index (χ4n) is 3.38. The van der Waals surface area contributed by atoms with E-state index in [0.29, 0.717) is 30.2 Å². The molecule has 0 unspecified atom stereocenters. The van der Waals surface area contributed by atoms with E-state index in [4.69, 9.17) is 14.2 Å². The Morgan fingerprint density at radius 3 is 2.32 bits per heavy atom. The number of sulfonamides is 1.